The highest BCUT2D eigenvalue weighted by Crippen LogP contribution is 2.23. The first-order chi connectivity index (χ1) is 19.1. The van der Waals surface area contributed by atoms with Crippen molar-refractivity contribution in [2.75, 3.05) is 13.1 Å². The van der Waals surface area contributed by atoms with Crippen LogP contribution in [-0.2, 0) is 21.2 Å². The summed E-state index contributed by atoms with van der Waals surface area (Å²) in [6.07, 6.45) is 0.284. The molecule has 3 aromatic carbocycles. The Morgan fingerprint density at radius 1 is 1.02 bits per heavy atom. The molecule has 1 aromatic heterocycles. The molecule has 4 rings (SSSR count). The Kier molecular flexibility index (Phi) is 9.03. The number of carbonyl (C=O) groups is 2. The van der Waals surface area contributed by atoms with Crippen LogP contribution in [0, 0.1) is 12.7 Å². The number of aliphatic hydroxyl groups excluding tert-OH is 1. The van der Waals surface area contributed by atoms with Gasteiger partial charge in [-0.05, 0) is 55.7 Å². The largest absolute Gasteiger partial charge is 0.390 e. The lowest BCUT2D eigenvalue weighted by Crippen LogP contribution is -2.51. The average Bonchev–Trinajstić information content (AvgIpc) is 2.93. The van der Waals surface area contributed by atoms with E-state index >= 15 is 0 Å². The summed E-state index contributed by atoms with van der Waals surface area (Å²) in [5, 5.41) is 14.9. The van der Waals surface area contributed by atoms with Crippen molar-refractivity contribution in [1.82, 2.24) is 14.6 Å². The van der Waals surface area contributed by atoms with Crippen molar-refractivity contribution in [3.8, 4) is 0 Å². The molecule has 0 bridgehead atoms. The first-order valence-electron chi connectivity index (χ1n) is 12.7. The minimum atomic E-state index is -4.37. The molecule has 0 radical (unpaired) electrons. The number of nitrogens with zero attached hydrogens (tertiary/aromatic N) is 2. The third-order valence-electron chi connectivity index (χ3n) is 6.53. The van der Waals surface area contributed by atoms with Gasteiger partial charge in [0.05, 0.1) is 34.7 Å². The number of Topliss-reactive ketones (excluding diaryl/α,β-unsaturated/α-hetero) is 1. The van der Waals surface area contributed by atoms with E-state index in [2.05, 4.69) is 10.3 Å². The molecule has 8 nitrogen and oxygen atoms in total. The first-order valence-corrected chi connectivity index (χ1v) is 14.1. The number of aryl methyl sites for hydroxylation is 1. The lowest BCUT2D eigenvalue weighted by molar-refractivity contribution is -0.117. The third kappa shape index (κ3) is 6.77. The van der Waals surface area contributed by atoms with Gasteiger partial charge < -0.3 is 10.4 Å². The number of para-hydroxylation sites is 1. The van der Waals surface area contributed by atoms with E-state index in [0.717, 1.165) is 22.0 Å². The number of ketones is 1. The molecule has 0 aliphatic heterocycles. The summed E-state index contributed by atoms with van der Waals surface area (Å²) in [6.45, 7) is 1.71. The molecule has 40 heavy (non-hydrogen) atoms. The molecule has 208 valence electrons. The number of carbonyl (C=O) groups excluding carboxylic acids is 2. The van der Waals surface area contributed by atoms with Crippen molar-refractivity contribution >= 4 is 32.6 Å². The van der Waals surface area contributed by atoms with Crippen molar-refractivity contribution in [3.63, 3.8) is 0 Å². The highest BCUT2D eigenvalue weighted by Gasteiger charge is 2.33. The maximum absolute atomic E-state index is 14.0. The van der Waals surface area contributed by atoms with Crippen LogP contribution in [0.4, 0.5) is 4.39 Å². The number of nitrogens with one attached hydrogen (secondary N) is 1. The fourth-order valence-corrected chi connectivity index (χ4v) is 6.23. The van der Waals surface area contributed by atoms with Crippen LogP contribution < -0.4 is 5.32 Å². The summed E-state index contributed by atoms with van der Waals surface area (Å²) in [5.41, 5.74) is 2.07. The van der Waals surface area contributed by atoms with Gasteiger partial charge in [-0.15, -0.1) is 0 Å². The number of hydrogen-bond donors (Lipinski definition) is 2. The Bertz CT molecular complexity index is 1620. The minimum Gasteiger partial charge on any atom is -0.390 e. The number of fused-ring (bicyclic) bond motifs is 1. The fourth-order valence-electron chi connectivity index (χ4n) is 4.51. The van der Waals surface area contributed by atoms with E-state index in [1.165, 1.54) is 26.1 Å². The Morgan fingerprint density at radius 2 is 1.73 bits per heavy atom. The van der Waals surface area contributed by atoms with Crippen LogP contribution in [0.3, 0.4) is 0 Å². The number of hydrogen-bond acceptors (Lipinski definition) is 6. The highest BCUT2D eigenvalue weighted by atomic mass is 32.2. The standard InChI is InChI=1S/C30H30FN3O5S/c1-20-12-13-23(31)17-29(20)40(38,39)34(18-21(2)35)19-28(36)27(16-22-8-4-3-5-9-22)33-30(37)25-14-15-32-26-11-7-6-10-24(25)26/h3-15,17,27-28,36H,16,18-19H2,1-2H3,(H,33,37)/t27-,28+/m0/s1. The first kappa shape index (κ1) is 29.0. The maximum Gasteiger partial charge on any atom is 0.252 e. The topological polar surface area (TPSA) is 117 Å². The fraction of sp³-hybridized carbons (Fsp3) is 0.233. The molecule has 0 saturated carbocycles. The highest BCUT2D eigenvalue weighted by molar-refractivity contribution is 7.89. The van der Waals surface area contributed by atoms with Crippen molar-refractivity contribution < 1.29 is 27.5 Å². The zero-order valence-corrected chi connectivity index (χ0v) is 22.9. The van der Waals surface area contributed by atoms with Gasteiger partial charge in [-0.2, -0.15) is 4.31 Å². The van der Waals surface area contributed by atoms with Crippen molar-refractivity contribution in [2.45, 2.75) is 37.3 Å². The van der Waals surface area contributed by atoms with Crippen LogP contribution in [0.25, 0.3) is 10.9 Å². The van der Waals surface area contributed by atoms with Gasteiger partial charge in [-0.3, -0.25) is 14.6 Å². The van der Waals surface area contributed by atoms with E-state index in [0.29, 0.717) is 22.0 Å². The molecule has 2 N–H and O–H groups in total. The predicted octanol–water partition coefficient (Wildman–Crippen LogP) is 3.66. The number of benzene rings is 3. The number of sulfonamides is 1. The molecule has 0 aliphatic rings. The lowest BCUT2D eigenvalue weighted by Gasteiger charge is -2.30. The van der Waals surface area contributed by atoms with Crippen LogP contribution in [0.15, 0.2) is 90.0 Å². The summed E-state index contributed by atoms with van der Waals surface area (Å²) in [5.74, 6) is -1.68. The number of aromatic nitrogens is 1. The summed E-state index contributed by atoms with van der Waals surface area (Å²) < 4.78 is 41.9. The molecule has 0 aliphatic carbocycles. The molecular formula is C30H30FN3O5S. The molecule has 0 fully saturated rings. The predicted molar refractivity (Wildman–Crippen MR) is 150 cm³/mol. The van der Waals surface area contributed by atoms with Gasteiger partial charge in [0, 0.05) is 18.1 Å². The van der Waals surface area contributed by atoms with Crippen LogP contribution in [0.5, 0.6) is 0 Å². The summed E-state index contributed by atoms with van der Waals surface area (Å²) in [6, 6.07) is 20.3. The smallest absolute Gasteiger partial charge is 0.252 e. The van der Waals surface area contributed by atoms with Gasteiger partial charge in [0.2, 0.25) is 10.0 Å². The number of aliphatic hydroxyl groups is 1. The Morgan fingerprint density at radius 3 is 2.45 bits per heavy atom. The number of pyridine rings is 1. The van der Waals surface area contributed by atoms with E-state index in [1.807, 2.05) is 36.4 Å². The van der Waals surface area contributed by atoms with Gasteiger partial charge in [-0.25, -0.2) is 12.8 Å². The molecule has 1 amide bonds. The van der Waals surface area contributed by atoms with Crippen molar-refractivity contribution in [2.24, 2.45) is 0 Å². The van der Waals surface area contributed by atoms with Crippen LogP contribution in [0.2, 0.25) is 0 Å². The van der Waals surface area contributed by atoms with Crippen molar-refractivity contribution in [1.29, 1.82) is 0 Å². The second-order valence-corrected chi connectivity index (χ2v) is 11.5. The van der Waals surface area contributed by atoms with E-state index in [4.69, 9.17) is 0 Å². The number of rotatable bonds is 11. The Labute approximate surface area is 232 Å². The number of amides is 1. The summed E-state index contributed by atoms with van der Waals surface area (Å²) in [7, 11) is -4.37. The van der Waals surface area contributed by atoms with Gasteiger partial charge in [0.1, 0.15) is 11.6 Å². The van der Waals surface area contributed by atoms with E-state index in [1.54, 1.807) is 24.3 Å². The molecule has 0 unspecified atom stereocenters. The lowest BCUT2D eigenvalue weighted by atomic mass is 10.00. The Hall–Kier alpha value is -3.99. The van der Waals surface area contributed by atoms with Crippen molar-refractivity contribution in [3.05, 3.63) is 108 Å². The van der Waals surface area contributed by atoms with E-state index in [9.17, 15) is 27.5 Å². The molecule has 0 spiro atoms. The second-order valence-electron chi connectivity index (χ2n) is 9.62. The second kappa shape index (κ2) is 12.5. The molecule has 4 aromatic rings. The average molecular weight is 564 g/mol. The Balaban J connectivity index is 1.67. The van der Waals surface area contributed by atoms with Crippen LogP contribution >= 0.6 is 0 Å². The van der Waals surface area contributed by atoms with Gasteiger partial charge in [0.15, 0.2) is 0 Å². The SMILES string of the molecule is CC(=O)CN(C[C@@H](O)[C@H](Cc1ccccc1)NC(=O)c1ccnc2ccccc12)S(=O)(=O)c1cc(F)ccc1C. The van der Waals surface area contributed by atoms with E-state index < -0.39 is 52.8 Å². The minimum absolute atomic E-state index is 0.184. The summed E-state index contributed by atoms with van der Waals surface area (Å²) in [4.78, 5) is 29.5. The zero-order chi connectivity index (χ0) is 28.9. The monoisotopic (exact) mass is 563 g/mol. The normalized spacial score (nSPS) is 13.2. The molecule has 2 atom stereocenters. The van der Waals surface area contributed by atoms with Crippen LogP contribution in [0.1, 0.15) is 28.4 Å². The maximum atomic E-state index is 14.0. The molecule has 10 heteroatoms. The van der Waals surface area contributed by atoms with Gasteiger partial charge in [-0.1, -0.05) is 54.6 Å². The number of halogens is 1. The quantitative estimate of drug-likeness (QED) is 0.288. The van der Waals surface area contributed by atoms with E-state index in [-0.39, 0.29) is 11.3 Å². The third-order valence-corrected chi connectivity index (χ3v) is 8.48. The molecule has 0 saturated heterocycles. The summed E-state index contributed by atoms with van der Waals surface area (Å²) >= 11 is 0. The zero-order valence-electron chi connectivity index (χ0n) is 22.1. The van der Waals surface area contributed by atoms with Crippen LogP contribution in [-0.4, -0.2) is 59.7 Å². The molecular weight excluding hydrogens is 533 g/mol. The molecule has 1 heterocycles. The van der Waals surface area contributed by atoms with Gasteiger partial charge >= 0.3 is 0 Å². The van der Waals surface area contributed by atoms with Gasteiger partial charge in [0.25, 0.3) is 5.91 Å².